The lowest BCUT2D eigenvalue weighted by Crippen LogP contribution is -2.33. The molecule has 0 unspecified atom stereocenters. The highest BCUT2D eigenvalue weighted by Crippen LogP contribution is 2.31. The van der Waals surface area contributed by atoms with Crippen molar-refractivity contribution in [3.8, 4) is 21.1 Å². The van der Waals surface area contributed by atoms with Crippen LogP contribution in [-0.2, 0) is 31.0 Å². The van der Waals surface area contributed by atoms with Crippen molar-refractivity contribution in [3.05, 3.63) is 119 Å². The number of pyridine rings is 3. The van der Waals surface area contributed by atoms with E-state index in [2.05, 4.69) is 31.8 Å². The molecule has 4 aromatic heterocycles. The first-order valence-electron chi connectivity index (χ1n) is 14.8. The van der Waals surface area contributed by atoms with Crippen LogP contribution in [0.1, 0.15) is 50.3 Å². The smallest absolute Gasteiger partial charge is 0.337 e. The van der Waals surface area contributed by atoms with Crippen molar-refractivity contribution in [2.75, 3.05) is 27.2 Å². The highest BCUT2D eigenvalue weighted by Gasteiger charge is 2.15. The fourth-order valence-electron chi connectivity index (χ4n) is 4.92. The lowest BCUT2D eigenvalue weighted by atomic mass is 10.1. The van der Waals surface area contributed by atoms with E-state index in [9.17, 15) is 14.7 Å². The van der Waals surface area contributed by atoms with Crippen LogP contribution >= 0.6 is 11.3 Å². The number of aliphatic hydroxyl groups excluding tert-OH is 1. The molecule has 0 aliphatic heterocycles. The molecule has 1 N–H and O–H groups in total. The summed E-state index contributed by atoms with van der Waals surface area (Å²) in [6.45, 7) is 4.58. The van der Waals surface area contributed by atoms with Crippen LogP contribution in [0.3, 0.4) is 0 Å². The summed E-state index contributed by atoms with van der Waals surface area (Å²) in [6, 6.07) is 20.7. The minimum atomic E-state index is -0.411. The Kier molecular flexibility index (Phi) is 11.1. The number of ether oxygens (including phenoxy) is 1. The predicted molar refractivity (Wildman–Crippen MR) is 177 cm³/mol. The maximum absolute atomic E-state index is 12.1. The highest BCUT2D eigenvalue weighted by atomic mass is 32.1. The van der Waals surface area contributed by atoms with E-state index in [4.69, 9.17) is 9.72 Å². The first kappa shape index (κ1) is 32.7. The summed E-state index contributed by atoms with van der Waals surface area (Å²) in [5, 5.41) is 10.2. The van der Waals surface area contributed by atoms with Gasteiger partial charge in [-0.3, -0.25) is 24.6 Å². The molecule has 0 saturated carbocycles. The van der Waals surface area contributed by atoms with Gasteiger partial charge in [-0.1, -0.05) is 30.3 Å². The van der Waals surface area contributed by atoms with Gasteiger partial charge in [0.15, 0.2) is 5.78 Å². The normalized spacial score (nSPS) is 11.3. The third-order valence-electron chi connectivity index (χ3n) is 7.41. The quantitative estimate of drug-likeness (QED) is 0.127. The number of thiazole rings is 1. The molecule has 0 radical (unpaired) electrons. The number of methoxy groups -OCH3 is 1. The Morgan fingerprint density at radius 3 is 2.22 bits per heavy atom. The summed E-state index contributed by atoms with van der Waals surface area (Å²) >= 11 is 1.58. The van der Waals surface area contributed by atoms with Crippen molar-refractivity contribution >= 4 is 23.1 Å². The topological polar surface area (TPSA) is 122 Å². The van der Waals surface area contributed by atoms with Gasteiger partial charge in [0.05, 0.1) is 46.9 Å². The molecule has 0 atom stereocenters. The summed E-state index contributed by atoms with van der Waals surface area (Å²) in [4.78, 5) is 48.0. The van der Waals surface area contributed by atoms with Crippen LogP contribution < -0.4 is 0 Å². The first-order valence-corrected chi connectivity index (χ1v) is 15.6. The van der Waals surface area contributed by atoms with Gasteiger partial charge in [0.25, 0.3) is 0 Å². The third kappa shape index (κ3) is 8.73. The molecule has 5 rings (SSSR count). The first-order chi connectivity index (χ1) is 22.3. The molecule has 4 heterocycles. The summed E-state index contributed by atoms with van der Waals surface area (Å²) in [5.74, 6) is -0.422. The molecule has 46 heavy (non-hydrogen) atoms. The van der Waals surface area contributed by atoms with Crippen molar-refractivity contribution in [1.82, 2.24) is 29.7 Å². The van der Waals surface area contributed by atoms with E-state index in [1.54, 1.807) is 48.9 Å². The zero-order valence-corrected chi connectivity index (χ0v) is 26.9. The number of carbonyl (C=O) groups excluding carboxylic acids is 2. The second-order valence-corrected chi connectivity index (χ2v) is 12.0. The molecule has 0 fully saturated rings. The van der Waals surface area contributed by atoms with Gasteiger partial charge >= 0.3 is 5.97 Å². The number of aliphatic hydroxyl groups is 1. The maximum atomic E-state index is 12.1. The summed E-state index contributed by atoms with van der Waals surface area (Å²) < 4.78 is 4.88. The number of nitrogens with zero attached hydrogens (tertiary/aromatic N) is 6. The summed E-state index contributed by atoms with van der Waals surface area (Å²) in [6.07, 6.45) is 5.13. The summed E-state index contributed by atoms with van der Waals surface area (Å²) in [5.41, 5.74) is 6.25. The molecule has 1 aromatic carbocycles. The van der Waals surface area contributed by atoms with Crippen LogP contribution in [0.4, 0.5) is 0 Å². The minimum Gasteiger partial charge on any atom is -0.465 e. The van der Waals surface area contributed by atoms with Crippen molar-refractivity contribution < 1.29 is 19.4 Å². The average Bonchev–Trinajstić information content (AvgIpc) is 3.58. The van der Waals surface area contributed by atoms with Crippen LogP contribution in [0.25, 0.3) is 21.1 Å². The van der Waals surface area contributed by atoms with Crippen molar-refractivity contribution in [2.45, 2.75) is 33.2 Å². The van der Waals surface area contributed by atoms with E-state index < -0.39 is 5.97 Å². The fraction of sp³-hybridized carbons (Fsp3) is 0.257. The largest absolute Gasteiger partial charge is 0.465 e. The van der Waals surface area contributed by atoms with Crippen LogP contribution in [0.2, 0.25) is 0 Å². The van der Waals surface area contributed by atoms with E-state index in [1.807, 2.05) is 54.7 Å². The molecule has 5 aromatic rings. The van der Waals surface area contributed by atoms with Crippen LogP contribution in [-0.4, -0.2) is 73.8 Å². The Labute approximate surface area is 272 Å². The van der Waals surface area contributed by atoms with E-state index in [0.29, 0.717) is 37.3 Å². The summed E-state index contributed by atoms with van der Waals surface area (Å²) in [7, 11) is 3.41. The molecular formula is C35H36N6O4S. The Morgan fingerprint density at radius 1 is 0.848 bits per heavy atom. The zero-order valence-electron chi connectivity index (χ0n) is 26.1. The Morgan fingerprint density at radius 2 is 1.54 bits per heavy atom. The molecule has 0 bridgehead atoms. The molecule has 0 aliphatic carbocycles. The lowest BCUT2D eigenvalue weighted by molar-refractivity contribution is 0.0600. The number of carbonyl (C=O) groups is 2. The molecule has 10 nitrogen and oxygen atoms in total. The number of likely N-dealkylation sites (N-methyl/N-ethyl adjacent to an activating group) is 1. The number of rotatable bonds is 14. The number of ketones is 1. The average molecular weight is 637 g/mol. The van der Waals surface area contributed by atoms with Crippen molar-refractivity contribution in [2.24, 2.45) is 0 Å². The van der Waals surface area contributed by atoms with Crippen LogP contribution in [0, 0.1) is 0 Å². The van der Waals surface area contributed by atoms with Gasteiger partial charge in [-0.25, -0.2) is 14.8 Å². The molecule has 236 valence electrons. The minimum absolute atomic E-state index is 0.0113. The standard InChI is InChI=1S/C35H36N6O4S/c1-24(43)27-11-13-36-30(17-27)21-41(22-31-18-28(12-14-37-31)35(44)45-3)16-15-40(2)20-29-5-4-6-32(39-29)34-38-19-33(46-34)26-9-7-25(23-42)8-10-26/h4-14,17-19,42H,15-16,20-23H2,1-3H3. The number of benzene rings is 1. The molecule has 0 saturated heterocycles. The second kappa shape index (κ2) is 15.5. The molecule has 0 aliphatic rings. The molecule has 0 amide bonds. The molecular weight excluding hydrogens is 600 g/mol. The fourth-order valence-corrected chi connectivity index (χ4v) is 5.81. The Bertz CT molecular complexity index is 1790. The van der Waals surface area contributed by atoms with Gasteiger partial charge < -0.3 is 9.84 Å². The van der Waals surface area contributed by atoms with Crippen molar-refractivity contribution in [1.29, 1.82) is 0 Å². The Hall–Kier alpha value is -4.68. The van der Waals surface area contributed by atoms with Crippen LogP contribution in [0.15, 0.2) is 85.3 Å². The van der Waals surface area contributed by atoms with E-state index in [-0.39, 0.29) is 12.4 Å². The van der Waals surface area contributed by atoms with Gasteiger partial charge in [0.2, 0.25) is 0 Å². The number of aromatic nitrogens is 4. The van der Waals surface area contributed by atoms with E-state index in [1.165, 1.54) is 7.11 Å². The lowest BCUT2D eigenvalue weighted by Gasteiger charge is -2.25. The van der Waals surface area contributed by atoms with Gasteiger partial charge in [0.1, 0.15) is 5.01 Å². The number of Topliss-reactive ketones (excluding diaryl/α,β-unsaturated/α-hetero) is 1. The number of esters is 1. The zero-order chi connectivity index (χ0) is 32.5. The van der Waals surface area contributed by atoms with Crippen LogP contribution in [0.5, 0.6) is 0 Å². The van der Waals surface area contributed by atoms with Gasteiger partial charge in [-0.15, -0.1) is 11.3 Å². The van der Waals surface area contributed by atoms with Gasteiger partial charge in [0, 0.05) is 56.9 Å². The third-order valence-corrected chi connectivity index (χ3v) is 8.48. The maximum Gasteiger partial charge on any atom is 0.337 e. The molecule has 11 heteroatoms. The van der Waals surface area contributed by atoms with Gasteiger partial charge in [-0.2, -0.15) is 0 Å². The van der Waals surface area contributed by atoms with Gasteiger partial charge in [-0.05, 0) is 61.5 Å². The highest BCUT2D eigenvalue weighted by molar-refractivity contribution is 7.18. The van der Waals surface area contributed by atoms with E-state index in [0.717, 1.165) is 50.3 Å². The SMILES string of the molecule is COC(=O)c1ccnc(CN(CCN(C)Cc2cccc(-c3ncc(-c4ccc(CO)cc4)s3)n2)Cc2cc(C(C)=O)ccn2)c1. The number of hydrogen-bond acceptors (Lipinski definition) is 11. The monoisotopic (exact) mass is 636 g/mol. The Balaban J connectivity index is 1.26. The van der Waals surface area contributed by atoms with Crippen molar-refractivity contribution in [3.63, 3.8) is 0 Å². The number of hydrogen-bond donors (Lipinski definition) is 1. The molecule has 0 spiro atoms. The second-order valence-electron chi connectivity index (χ2n) is 11.0. The predicted octanol–water partition coefficient (Wildman–Crippen LogP) is 5.28. The van der Waals surface area contributed by atoms with E-state index >= 15 is 0 Å².